The first-order valence-corrected chi connectivity index (χ1v) is 6.28. The van der Waals surface area contributed by atoms with Gasteiger partial charge in [-0.2, -0.15) is 5.10 Å². The monoisotopic (exact) mass is 270 g/mol. The molecule has 2 aromatic carbocycles. The normalized spacial score (nSPS) is 10.8. The highest BCUT2D eigenvalue weighted by Gasteiger charge is 2.12. The van der Waals surface area contributed by atoms with Crippen molar-refractivity contribution < 1.29 is 4.79 Å². The lowest BCUT2D eigenvalue weighted by molar-refractivity contribution is 0.101. The number of aromatic nitrogens is 2. The fourth-order valence-electron chi connectivity index (χ4n) is 2.12. The summed E-state index contributed by atoms with van der Waals surface area (Å²) >= 11 is 6.23. The molecule has 0 fully saturated rings. The van der Waals surface area contributed by atoms with E-state index in [-0.39, 0.29) is 5.78 Å². The summed E-state index contributed by atoms with van der Waals surface area (Å²) < 4.78 is 0. The summed E-state index contributed by atoms with van der Waals surface area (Å²) in [7, 11) is 0. The number of hydrogen-bond acceptors (Lipinski definition) is 2. The number of H-pyrrole nitrogens is 1. The summed E-state index contributed by atoms with van der Waals surface area (Å²) in [4.78, 5) is 11.4. The maximum Gasteiger partial charge on any atom is 0.159 e. The molecule has 0 saturated carbocycles. The van der Waals surface area contributed by atoms with Crippen molar-refractivity contribution in [3.63, 3.8) is 0 Å². The zero-order valence-corrected chi connectivity index (χ0v) is 11.0. The van der Waals surface area contributed by atoms with Crippen LogP contribution in [0.2, 0.25) is 5.02 Å². The first kappa shape index (κ1) is 11.9. The average Bonchev–Trinajstić information content (AvgIpc) is 2.84. The van der Waals surface area contributed by atoms with Gasteiger partial charge in [0.05, 0.1) is 10.5 Å². The van der Waals surface area contributed by atoms with E-state index in [0.717, 1.165) is 22.2 Å². The maximum absolute atomic E-state index is 11.4. The Bertz CT molecular complexity index is 777. The van der Waals surface area contributed by atoms with Gasteiger partial charge in [-0.1, -0.05) is 35.9 Å². The van der Waals surface area contributed by atoms with Gasteiger partial charge in [0.15, 0.2) is 5.78 Å². The topological polar surface area (TPSA) is 45.8 Å². The van der Waals surface area contributed by atoms with E-state index in [2.05, 4.69) is 10.2 Å². The molecule has 0 aliphatic carbocycles. The van der Waals surface area contributed by atoms with Crippen LogP contribution in [0.1, 0.15) is 17.3 Å². The number of carbonyl (C=O) groups is 1. The number of aromatic amines is 1. The van der Waals surface area contributed by atoms with Gasteiger partial charge in [0, 0.05) is 16.5 Å². The Morgan fingerprint density at radius 1 is 1.21 bits per heavy atom. The van der Waals surface area contributed by atoms with Gasteiger partial charge in [0.1, 0.15) is 5.69 Å². The van der Waals surface area contributed by atoms with Crippen LogP contribution in [-0.4, -0.2) is 16.0 Å². The second-order valence-corrected chi connectivity index (χ2v) is 4.78. The van der Waals surface area contributed by atoms with Gasteiger partial charge in [-0.3, -0.25) is 9.89 Å². The van der Waals surface area contributed by atoms with E-state index < -0.39 is 0 Å². The number of halogens is 1. The molecule has 1 heterocycles. The molecule has 19 heavy (non-hydrogen) atoms. The van der Waals surface area contributed by atoms with Crippen molar-refractivity contribution in [2.75, 3.05) is 0 Å². The number of rotatable bonds is 2. The van der Waals surface area contributed by atoms with Gasteiger partial charge in [-0.25, -0.2) is 0 Å². The summed E-state index contributed by atoms with van der Waals surface area (Å²) in [5.74, 6) is 0.0350. The second-order valence-electron chi connectivity index (χ2n) is 4.37. The van der Waals surface area contributed by atoms with Crippen LogP contribution < -0.4 is 0 Å². The summed E-state index contributed by atoms with van der Waals surface area (Å²) in [5, 5.41) is 8.79. The Balaban J connectivity index is 2.25. The molecular weight excluding hydrogens is 260 g/mol. The Labute approximate surface area is 115 Å². The molecular formula is C15H11ClN2O. The van der Waals surface area contributed by atoms with Crippen molar-refractivity contribution in [3.8, 4) is 11.3 Å². The third-order valence-corrected chi connectivity index (χ3v) is 3.40. The smallest absolute Gasteiger partial charge is 0.159 e. The first-order chi connectivity index (χ1) is 9.16. The van der Waals surface area contributed by atoms with Crippen LogP contribution in [-0.2, 0) is 0 Å². The van der Waals surface area contributed by atoms with E-state index in [1.54, 1.807) is 13.0 Å². The number of nitrogens with one attached hydrogen (secondary N) is 1. The van der Waals surface area contributed by atoms with Gasteiger partial charge in [-0.15, -0.1) is 0 Å². The first-order valence-electron chi connectivity index (χ1n) is 5.91. The van der Waals surface area contributed by atoms with Crippen LogP contribution >= 0.6 is 11.6 Å². The zero-order valence-electron chi connectivity index (χ0n) is 10.3. The average molecular weight is 271 g/mol. The number of carbonyl (C=O) groups excluding carboxylic acids is 1. The van der Waals surface area contributed by atoms with E-state index in [9.17, 15) is 4.79 Å². The summed E-state index contributed by atoms with van der Waals surface area (Å²) in [5.41, 5.74) is 3.20. The Kier molecular flexibility index (Phi) is 2.84. The molecule has 0 radical (unpaired) electrons. The molecule has 0 aliphatic heterocycles. The largest absolute Gasteiger partial charge is 0.295 e. The summed E-state index contributed by atoms with van der Waals surface area (Å²) in [6, 6.07) is 13.0. The highest BCUT2D eigenvalue weighted by atomic mass is 35.5. The van der Waals surface area contributed by atoms with Crippen molar-refractivity contribution in [3.05, 3.63) is 53.1 Å². The fraction of sp³-hybridized carbons (Fsp3) is 0.0667. The number of nitrogens with zero attached hydrogens (tertiary/aromatic N) is 1. The fourth-order valence-corrected chi connectivity index (χ4v) is 2.39. The Morgan fingerprint density at radius 3 is 2.79 bits per heavy atom. The number of fused-ring (bicyclic) bond motifs is 1. The minimum atomic E-state index is 0.0350. The third kappa shape index (κ3) is 2.02. The highest BCUT2D eigenvalue weighted by Crippen LogP contribution is 2.32. The van der Waals surface area contributed by atoms with Gasteiger partial charge in [0.2, 0.25) is 0 Å². The molecule has 0 spiro atoms. The van der Waals surface area contributed by atoms with Crippen LogP contribution in [0.5, 0.6) is 0 Å². The lowest BCUT2D eigenvalue weighted by Gasteiger charge is -2.02. The molecule has 0 unspecified atom stereocenters. The highest BCUT2D eigenvalue weighted by molar-refractivity contribution is 6.36. The van der Waals surface area contributed by atoms with Crippen LogP contribution in [0, 0.1) is 0 Å². The quantitative estimate of drug-likeness (QED) is 0.713. The summed E-state index contributed by atoms with van der Waals surface area (Å²) in [6.45, 7) is 1.55. The molecule has 3 rings (SSSR count). The molecule has 0 bridgehead atoms. The standard InChI is InChI=1S/C15H11ClN2O/c1-9(19)10-4-2-5-11(8-10)15-14-12(16)6-3-7-13(14)17-18-15/h2-8H,1H3,(H,17,18). The van der Waals surface area contributed by atoms with Crippen molar-refractivity contribution in [1.82, 2.24) is 10.2 Å². The number of hydrogen-bond donors (Lipinski definition) is 1. The molecule has 3 aromatic rings. The Morgan fingerprint density at radius 2 is 2.00 bits per heavy atom. The third-order valence-electron chi connectivity index (χ3n) is 3.08. The molecule has 1 aromatic heterocycles. The molecule has 3 nitrogen and oxygen atoms in total. The summed E-state index contributed by atoms with van der Waals surface area (Å²) in [6.07, 6.45) is 0. The Hall–Kier alpha value is -2.13. The number of ketones is 1. The van der Waals surface area contributed by atoms with Crippen molar-refractivity contribution >= 4 is 28.3 Å². The maximum atomic E-state index is 11.4. The van der Waals surface area contributed by atoms with E-state index >= 15 is 0 Å². The van der Waals surface area contributed by atoms with Gasteiger partial charge < -0.3 is 0 Å². The van der Waals surface area contributed by atoms with Gasteiger partial charge >= 0.3 is 0 Å². The lowest BCUT2D eigenvalue weighted by atomic mass is 10.0. The van der Waals surface area contributed by atoms with Crippen LogP contribution in [0.3, 0.4) is 0 Å². The van der Waals surface area contributed by atoms with Gasteiger partial charge in [0.25, 0.3) is 0 Å². The van der Waals surface area contributed by atoms with Crippen molar-refractivity contribution in [2.24, 2.45) is 0 Å². The second kappa shape index (κ2) is 4.52. The zero-order chi connectivity index (χ0) is 13.4. The lowest BCUT2D eigenvalue weighted by Crippen LogP contribution is -1.92. The molecule has 0 aliphatic rings. The predicted molar refractivity (Wildman–Crippen MR) is 76.5 cm³/mol. The van der Waals surface area contributed by atoms with Crippen LogP contribution in [0.15, 0.2) is 42.5 Å². The molecule has 0 saturated heterocycles. The molecule has 0 amide bonds. The molecule has 94 valence electrons. The van der Waals surface area contributed by atoms with Gasteiger partial charge in [-0.05, 0) is 25.1 Å². The minimum Gasteiger partial charge on any atom is -0.295 e. The molecule has 4 heteroatoms. The molecule has 0 atom stereocenters. The molecule has 1 N–H and O–H groups in total. The minimum absolute atomic E-state index is 0.0350. The SMILES string of the molecule is CC(=O)c1cccc(-c2n[nH]c3cccc(Cl)c23)c1. The van der Waals surface area contributed by atoms with Crippen molar-refractivity contribution in [1.29, 1.82) is 0 Å². The van der Waals surface area contributed by atoms with Crippen LogP contribution in [0.4, 0.5) is 0 Å². The number of benzene rings is 2. The van der Waals surface area contributed by atoms with E-state index in [1.165, 1.54) is 0 Å². The van der Waals surface area contributed by atoms with Crippen molar-refractivity contribution in [2.45, 2.75) is 6.92 Å². The van der Waals surface area contributed by atoms with Crippen LogP contribution in [0.25, 0.3) is 22.2 Å². The predicted octanol–water partition coefficient (Wildman–Crippen LogP) is 4.09. The van der Waals surface area contributed by atoms with E-state index in [0.29, 0.717) is 10.6 Å². The number of Topliss-reactive ketones (excluding diaryl/α,β-unsaturated/α-hetero) is 1. The van der Waals surface area contributed by atoms with E-state index in [1.807, 2.05) is 36.4 Å². The van der Waals surface area contributed by atoms with E-state index in [4.69, 9.17) is 11.6 Å².